The first kappa shape index (κ1) is 12.3. The maximum Gasteiger partial charge on any atom is 0.411 e. The number of hydrogen-bond acceptors (Lipinski definition) is 2. The molecule has 0 unspecified atom stereocenters. The lowest BCUT2D eigenvalue weighted by atomic mass is 10.1. The van der Waals surface area contributed by atoms with Crippen LogP contribution in [0.1, 0.15) is 18.4 Å². The van der Waals surface area contributed by atoms with Crippen LogP contribution < -0.4 is 5.32 Å². The minimum atomic E-state index is -4.23. The fraction of sp³-hybridized carbons (Fsp3) is 0.357. The molecule has 1 N–H and O–H groups in total. The summed E-state index contributed by atoms with van der Waals surface area (Å²) in [5.41, 5.74) is -0.337. The zero-order valence-corrected chi connectivity index (χ0v) is 10.4. The van der Waals surface area contributed by atoms with Gasteiger partial charge in [0.2, 0.25) is 0 Å². The average molecular weight is 266 g/mol. The number of para-hydroxylation sites is 1. The van der Waals surface area contributed by atoms with Crippen molar-refractivity contribution in [2.24, 2.45) is 0 Å². The summed E-state index contributed by atoms with van der Waals surface area (Å²) in [4.78, 5) is 4.30. The molecule has 1 saturated carbocycles. The molecule has 0 atom stereocenters. The van der Waals surface area contributed by atoms with Gasteiger partial charge in [0, 0.05) is 5.39 Å². The third-order valence-corrected chi connectivity index (χ3v) is 3.56. The number of nitrogens with zero attached hydrogens (tertiary/aromatic N) is 1. The van der Waals surface area contributed by atoms with Gasteiger partial charge in [-0.25, -0.2) is 4.98 Å². The molecule has 1 aromatic carbocycles. The van der Waals surface area contributed by atoms with Gasteiger partial charge in [0.25, 0.3) is 0 Å². The zero-order valence-electron chi connectivity index (χ0n) is 10.4. The van der Waals surface area contributed by atoms with Gasteiger partial charge in [0.05, 0.1) is 5.52 Å². The Morgan fingerprint density at radius 2 is 1.89 bits per heavy atom. The van der Waals surface area contributed by atoms with Gasteiger partial charge in [-0.05, 0) is 37.5 Å². The highest BCUT2D eigenvalue weighted by Gasteiger charge is 2.63. The summed E-state index contributed by atoms with van der Waals surface area (Å²) in [7, 11) is 0. The number of aryl methyl sites for hydroxylation is 1. The number of anilines is 1. The highest BCUT2D eigenvalue weighted by Crippen LogP contribution is 2.51. The Kier molecular flexibility index (Phi) is 2.49. The topological polar surface area (TPSA) is 24.9 Å². The first-order valence-corrected chi connectivity index (χ1v) is 6.13. The van der Waals surface area contributed by atoms with Crippen LogP contribution in [0.15, 0.2) is 30.3 Å². The van der Waals surface area contributed by atoms with Crippen LogP contribution in [0, 0.1) is 6.92 Å². The van der Waals surface area contributed by atoms with Crippen LogP contribution >= 0.6 is 0 Å². The van der Waals surface area contributed by atoms with E-state index in [0.29, 0.717) is 11.3 Å². The van der Waals surface area contributed by atoms with Crippen molar-refractivity contribution in [2.75, 3.05) is 5.32 Å². The van der Waals surface area contributed by atoms with E-state index in [4.69, 9.17) is 0 Å². The Morgan fingerprint density at radius 3 is 2.53 bits per heavy atom. The van der Waals surface area contributed by atoms with Gasteiger partial charge in [0.15, 0.2) is 0 Å². The molecular weight excluding hydrogens is 253 g/mol. The van der Waals surface area contributed by atoms with Crippen molar-refractivity contribution < 1.29 is 13.2 Å². The van der Waals surface area contributed by atoms with Gasteiger partial charge >= 0.3 is 6.18 Å². The summed E-state index contributed by atoms with van der Waals surface area (Å²) in [5.74, 6) is 0.327. The van der Waals surface area contributed by atoms with Crippen LogP contribution in [-0.2, 0) is 0 Å². The molecule has 1 aliphatic carbocycles. The third-order valence-electron chi connectivity index (χ3n) is 3.56. The maximum absolute atomic E-state index is 12.9. The van der Waals surface area contributed by atoms with Crippen LogP contribution in [0.5, 0.6) is 0 Å². The van der Waals surface area contributed by atoms with Gasteiger partial charge in [-0.1, -0.05) is 18.2 Å². The van der Waals surface area contributed by atoms with Crippen molar-refractivity contribution in [3.63, 3.8) is 0 Å². The smallest absolute Gasteiger partial charge is 0.356 e. The van der Waals surface area contributed by atoms with E-state index in [1.165, 1.54) is 0 Å². The quantitative estimate of drug-likeness (QED) is 0.887. The molecular formula is C14H13F3N2. The average Bonchev–Trinajstić information content (AvgIpc) is 3.10. The second-order valence-corrected chi connectivity index (χ2v) is 5.05. The van der Waals surface area contributed by atoms with E-state index in [9.17, 15) is 13.2 Å². The standard InChI is InChI=1S/C14H13F3N2/c1-9-8-10-4-2-3-5-11(10)18-12(9)19-13(6-7-13)14(15,16)17/h2-5,8H,6-7H2,1H3,(H,18,19). The summed E-state index contributed by atoms with van der Waals surface area (Å²) in [6.45, 7) is 1.77. The first-order chi connectivity index (χ1) is 8.91. The molecule has 1 heterocycles. The molecule has 1 fully saturated rings. The molecule has 1 aliphatic rings. The summed E-state index contributed by atoms with van der Waals surface area (Å²) in [6, 6.07) is 9.26. The number of benzene rings is 1. The molecule has 2 aromatic rings. The third kappa shape index (κ3) is 2.03. The van der Waals surface area contributed by atoms with Crippen molar-refractivity contribution >= 4 is 16.7 Å². The molecule has 100 valence electrons. The van der Waals surface area contributed by atoms with Gasteiger partial charge in [0.1, 0.15) is 11.4 Å². The Morgan fingerprint density at radius 1 is 1.21 bits per heavy atom. The van der Waals surface area contributed by atoms with E-state index in [1.807, 2.05) is 24.3 Å². The molecule has 0 bridgehead atoms. The number of alkyl halides is 3. The minimum absolute atomic E-state index is 0.116. The number of rotatable bonds is 2. The molecule has 5 heteroatoms. The van der Waals surface area contributed by atoms with Crippen molar-refractivity contribution in [1.29, 1.82) is 0 Å². The summed E-state index contributed by atoms with van der Waals surface area (Å²) in [6.07, 6.45) is -4.00. The normalized spacial score (nSPS) is 17.5. The van der Waals surface area contributed by atoms with Crippen LogP contribution in [0.25, 0.3) is 10.9 Å². The number of aromatic nitrogens is 1. The largest absolute Gasteiger partial charge is 0.411 e. The van der Waals surface area contributed by atoms with Crippen molar-refractivity contribution in [3.05, 3.63) is 35.9 Å². The molecule has 19 heavy (non-hydrogen) atoms. The molecule has 3 rings (SSSR count). The van der Waals surface area contributed by atoms with Gasteiger partial charge in [-0.15, -0.1) is 0 Å². The Labute approximate surface area is 108 Å². The maximum atomic E-state index is 12.9. The van der Waals surface area contributed by atoms with Crippen LogP contribution in [0.3, 0.4) is 0 Å². The molecule has 0 aliphatic heterocycles. The Bertz CT molecular complexity index is 630. The van der Waals surface area contributed by atoms with E-state index in [1.54, 1.807) is 13.0 Å². The lowest BCUT2D eigenvalue weighted by Gasteiger charge is -2.22. The van der Waals surface area contributed by atoms with Gasteiger partial charge < -0.3 is 5.32 Å². The van der Waals surface area contributed by atoms with Crippen molar-refractivity contribution in [3.8, 4) is 0 Å². The lowest BCUT2D eigenvalue weighted by molar-refractivity contribution is -0.151. The van der Waals surface area contributed by atoms with Crippen molar-refractivity contribution in [2.45, 2.75) is 31.5 Å². The number of pyridine rings is 1. The molecule has 1 aromatic heterocycles. The molecule has 0 radical (unpaired) electrons. The second kappa shape index (κ2) is 3.85. The zero-order chi connectivity index (χ0) is 13.7. The van der Waals surface area contributed by atoms with E-state index < -0.39 is 11.7 Å². The fourth-order valence-electron chi connectivity index (χ4n) is 2.18. The highest BCUT2D eigenvalue weighted by atomic mass is 19.4. The summed E-state index contributed by atoms with van der Waals surface area (Å²) in [5, 5.41) is 3.53. The highest BCUT2D eigenvalue weighted by molar-refractivity contribution is 5.81. The van der Waals surface area contributed by atoms with E-state index in [2.05, 4.69) is 10.3 Å². The summed E-state index contributed by atoms with van der Waals surface area (Å²) >= 11 is 0. The second-order valence-electron chi connectivity index (χ2n) is 5.05. The number of nitrogens with one attached hydrogen (secondary N) is 1. The van der Waals surface area contributed by atoms with Crippen LogP contribution in [0.4, 0.5) is 19.0 Å². The minimum Gasteiger partial charge on any atom is -0.356 e. The first-order valence-electron chi connectivity index (χ1n) is 6.13. The molecule has 0 spiro atoms. The predicted molar refractivity (Wildman–Crippen MR) is 68.1 cm³/mol. The molecule has 0 amide bonds. The molecule has 0 saturated heterocycles. The van der Waals surface area contributed by atoms with Gasteiger partial charge in [-0.3, -0.25) is 0 Å². The van der Waals surface area contributed by atoms with E-state index >= 15 is 0 Å². The monoisotopic (exact) mass is 266 g/mol. The fourth-order valence-corrected chi connectivity index (χ4v) is 2.18. The Hall–Kier alpha value is -1.78. The number of halogens is 3. The van der Waals surface area contributed by atoms with Gasteiger partial charge in [-0.2, -0.15) is 13.2 Å². The lowest BCUT2D eigenvalue weighted by Crippen LogP contribution is -2.39. The van der Waals surface area contributed by atoms with Crippen LogP contribution in [0.2, 0.25) is 0 Å². The number of hydrogen-bond donors (Lipinski definition) is 1. The number of fused-ring (bicyclic) bond motifs is 1. The van der Waals surface area contributed by atoms with E-state index in [-0.39, 0.29) is 12.8 Å². The molecule has 2 nitrogen and oxygen atoms in total. The van der Waals surface area contributed by atoms with Crippen molar-refractivity contribution in [1.82, 2.24) is 4.98 Å². The van der Waals surface area contributed by atoms with Crippen LogP contribution in [-0.4, -0.2) is 16.7 Å². The summed E-state index contributed by atoms with van der Waals surface area (Å²) < 4.78 is 38.8. The predicted octanol–water partition coefficient (Wildman–Crippen LogP) is 4.05. The van der Waals surface area contributed by atoms with E-state index in [0.717, 1.165) is 10.9 Å². The SMILES string of the molecule is Cc1cc2ccccc2nc1NC1(C(F)(F)F)CC1. The Balaban J connectivity index is 2.00.